The van der Waals surface area contributed by atoms with Gasteiger partial charge in [-0.15, -0.1) is 0 Å². The van der Waals surface area contributed by atoms with Crippen LogP contribution in [-0.4, -0.2) is 23.1 Å². The highest BCUT2D eigenvalue weighted by Gasteiger charge is 2.16. The second-order valence-electron chi connectivity index (χ2n) is 6.09. The number of sulfonamides is 1. The lowest BCUT2D eigenvalue weighted by Gasteiger charge is -2.07. The Hall–Kier alpha value is -3.17. The molecule has 0 saturated carbocycles. The maximum absolute atomic E-state index is 12.3. The summed E-state index contributed by atoms with van der Waals surface area (Å²) in [5.41, 5.74) is 1.40. The Bertz CT molecular complexity index is 1220. The molecule has 0 atom stereocenters. The Labute approximate surface area is 169 Å². The maximum atomic E-state index is 12.3. The minimum absolute atomic E-state index is 0.0323. The SMILES string of the molecule is Cc1ccc(S(=O)(=O)N/N=C\c2cccc(OS(=O)(=O)c3ccccc3)c2)cc1. The molecule has 0 unspecified atom stereocenters. The minimum atomic E-state index is -3.97. The topological polar surface area (TPSA) is 102 Å². The first kappa shape index (κ1) is 20.6. The third-order valence-electron chi connectivity index (χ3n) is 3.81. The molecule has 0 aliphatic carbocycles. The van der Waals surface area contributed by atoms with E-state index in [1.54, 1.807) is 42.5 Å². The quantitative estimate of drug-likeness (QED) is 0.353. The van der Waals surface area contributed by atoms with Crippen LogP contribution < -0.4 is 9.01 Å². The molecule has 0 fully saturated rings. The first-order chi connectivity index (χ1) is 13.8. The van der Waals surface area contributed by atoms with Gasteiger partial charge in [0.05, 0.1) is 11.1 Å². The molecule has 0 aliphatic rings. The van der Waals surface area contributed by atoms with E-state index in [9.17, 15) is 16.8 Å². The third kappa shape index (κ3) is 5.43. The van der Waals surface area contributed by atoms with Gasteiger partial charge >= 0.3 is 10.1 Å². The molecule has 1 N–H and O–H groups in total. The van der Waals surface area contributed by atoms with Gasteiger partial charge in [-0.05, 0) is 48.9 Å². The molecular formula is C20H18N2O5S2. The van der Waals surface area contributed by atoms with Crippen molar-refractivity contribution in [3.05, 3.63) is 90.0 Å². The van der Waals surface area contributed by atoms with Crippen molar-refractivity contribution in [2.45, 2.75) is 16.7 Å². The van der Waals surface area contributed by atoms with Crippen LogP contribution in [0.3, 0.4) is 0 Å². The van der Waals surface area contributed by atoms with Crippen LogP contribution in [0.15, 0.2) is 93.8 Å². The number of rotatable bonds is 7. The second-order valence-corrected chi connectivity index (χ2v) is 9.30. The largest absolute Gasteiger partial charge is 0.379 e. The molecule has 0 bridgehead atoms. The van der Waals surface area contributed by atoms with E-state index in [-0.39, 0.29) is 15.5 Å². The predicted molar refractivity (Wildman–Crippen MR) is 110 cm³/mol. The van der Waals surface area contributed by atoms with E-state index in [2.05, 4.69) is 9.93 Å². The molecule has 3 rings (SSSR count). The molecule has 0 aromatic heterocycles. The van der Waals surface area contributed by atoms with Gasteiger partial charge in [-0.2, -0.15) is 21.9 Å². The van der Waals surface area contributed by atoms with E-state index in [1.165, 1.54) is 42.6 Å². The summed E-state index contributed by atoms with van der Waals surface area (Å²) in [7, 11) is -7.77. The van der Waals surface area contributed by atoms with E-state index in [1.807, 2.05) is 6.92 Å². The highest BCUT2D eigenvalue weighted by Crippen LogP contribution is 2.19. The van der Waals surface area contributed by atoms with Crippen LogP contribution in [0.25, 0.3) is 0 Å². The molecule has 29 heavy (non-hydrogen) atoms. The molecule has 0 saturated heterocycles. The van der Waals surface area contributed by atoms with Crippen LogP contribution in [-0.2, 0) is 20.1 Å². The second kappa shape index (κ2) is 8.46. The molecule has 9 heteroatoms. The first-order valence-electron chi connectivity index (χ1n) is 8.47. The lowest BCUT2D eigenvalue weighted by molar-refractivity contribution is 0.486. The van der Waals surface area contributed by atoms with Crippen molar-refractivity contribution in [3.63, 3.8) is 0 Å². The molecule has 150 valence electrons. The van der Waals surface area contributed by atoms with E-state index in [0.29, 0.717) is 5.56 Å². The fourth-order valence-electron chi connectivity index (χ4n) is 2.35. The van der Waals surface area contributed by atoms with Crippen LogP contribution in [0.2, 0.25) is 0 Å². The number of hydrogen-bond donors (Lipinski definition) is 1. The molecule has 0 heterocycles. The summed E-state index contributed by atoms with van der Waals surface area (Å²) >= 11 is 0. The van der Waals surface area contributed by atoms with Gasteiger partial charge in [0, 0.05) is 0 Å². The third-order valence-corrected chi connectivity index (χ3v) is 6.31. The monoisotopic (exact) mass is 430 g/mol. The predicted octanol–water partition coefficient (Wildman–Crippen LogP) is 3.08. The molecular weight excluding hydrogens is 412 g/mol. The Morgan fingerprint density at radius 2 is 1.52 bits per heavy atom. The van der Waals surface area contributed by atoms with Gasteiger partial charge in [-0.1, -0.05) is 48.0 Å². The van der Waals surface area contributed by atoms with Crippen molar-refractivity contribution in [3.8, 4) is 5.75 Å². The van der Waals surface area contributed by atoms with Gasteiger partial charge in [0.15, 0.2) is 0 Å². The van der Waals surface area contributed by atoms with E-state index < -0.39 is 20.1 Å². The number of benzene rings is 3. The number of hydrogen-bond acceptors (Lipinski definition) is 6. The standard InChI is InChI=1S/C20H18N2O5S2/c1-16-10-12-19(13-11-16)28(23,24)22-21-15-17-6-5-7-18(14-17)27-29(25,26)20-8-3-2-4-9-20/h2-15,22H,1H3/b21-15-. The van der Waals surface area contributed by atoms with Crippen molar-refractivity contribution in [1.82, 2.24) is 4.83 Å². The van der Waals surface area contributed by atoms with Crippen molar-refractivity contribution in [2.24, 2.45) is 5.10 Å². The van der Waals surface area contributed by atoms with Gasteiger partial charge in [0.25, 0.3) is 10.0 Å². The van der Waals surface area contributed by atoms with Crippen molar-refractivity contribution in [1.29, 1.82) is 0 Å². The Balaban J connectivity index is 1.72. The van der Waals surface area contributed by atoms with Crippen LogP contribution in [0.4, 0.5) is 0 Å². The zero-order valence-electron chi connectivity index (χ0n) is 15.4. The van der Waals surface area contributed by atoms with Crippen LogP contribution in [0.1, 0.15) is 11.1 Å². The molecule has 0 amide bonds. The molecule has 0 aliphatic heterocycles. The van der Waals surface area contributed by atoms with E-state index >= 15 is 0 Å². The highest BCUT2D eigenvalue weighted by atomic mass is 32.2. The lowest BCUT2D eigenvalue weighted by atomic mass is 10.2. The normalized spacial score (nSPS) is 12.0. The molecule has 3 aromatic rings. The summed E-state index contributed by atoms with van der Waals surface area (Å²) in [4.78, 5) is 2.24. The molecule has 0 spiro atoms. The summed E-state index contributed by atoms with van der Waals surface area (Å²) in [6, 6.07) is 20.2. The molecule has 3 aromatic carbocycles. The van der Waals surface area contributed by atoms with Gasteiger partial charge in [-0.25, -0.2) is 4.83 Å². The summed E-state index contributed by atoms with van der Waals surface area (Å²) < 4.78 is 54.1. The molecule has 7 nitrogen and oxygen atoms in total. The maximum Gasteiger partial charge on any atom is 0.339 e. The van der Waals surface area contributed by atoms with Crippen molar-refractivity contribution in [2.75, 3.05) is 0 Å². The average molecular weight is 431 g/mol. The summed E-state index contributed by atoms with van der Waals surface area (Å²) in [5.74, 6) is 0.0826. The Kier molecular flexibility index (Phi) is 6.00. The fraction of sp³-hybridized carbons (Fsp3) is 0.0500. The van der Waals surface area contributed by atoms with E-state index in [0.717, 1.165) is 5.56 Å². The summed E-state index contributed by atoms with van der Waals surface area (Å²) in [6.07, 6.45) is 1.26. The molecule has 0 radical (unpaired) electrons. The minimum Gasteiger partial charge on any atom is -0.379 e. The summed E-state index contributed by atoms with van der Waals surface area (Å²) in [6.45, 7) is 1.86. The van der Waals surface area contributed by atoms with Gasteiger partial charge in [-0.3, -0.25) is 0 Å². The zero-order chi connectivity index (χ0) is 20.9. The smallest absolute Gasteiger partial charge is 0.339 e. The van der Waals surface area contributed by atoms with Crippen LogP contribution in [0, 0.1) is 6.92 Å². The van der Waals surface area contributed by atoms with Crippen LogP contribution in [0.5, 0.6) is 5.75 Å². The lowest BCUT2D eigenvalue weighted by Crippen LogP contribution is -2.18. The van der Waals surface area contributed by atoms with Crippen molar-refractivity contribution < 1.29 is 21.0 Å². The first-order valence-corrected chi connectivity index (χ1v) is 11.4. The fourth-order valence-corrected chi connectivity index (χ4v) is 4.08. The van der Waals surface area contributed by atoms with Crippen LogP contribution >= 0.6 is 0 Å². The summed E-state index contributed by atoms with van der Waals surface area (Å²) in [5, 5.41) is 3.74. The number of nitrogens with one attached hydrogen (secondary N) is 1. The number of hydrazone groups is 1. The van der Waals surface area contributed by atoms with Gasteiger partial charge < -0.3 is 4.18 Å². The van der Waals surface area contributed by atoms with Gasteiger partial charge in [0.1, 0.15) is 10.6 Å². The number of aryl methyl sites for hydroxylation is 1. The highest BCUT2D eigenvalue weighted by molar-refractivity contribution is 7.89. The van der Waals surface area contributed by atoms with Gasteiger partial charge in [0.2, 0.25) is 0 Å². The number of nitrogens with zero attached hydrogens (tertiary/aromatic N) is 1. The van der Waals surface area contributed by atoms with E-state index in [4.69, 9.17) is 4.18 Å². The average Bonchev–Trinajstić information content (AvgIpc) is 2.69. The van der Waals surface area contributed by atoms with Crippen molar-refractivity contribution >= 4 is 26.4 Å². The Morgan fingerprint density at radius 3 is 2.21 bits per heavy atom. The zero-order valence-corrected chi connectivity index (χ0v) is 17.0. The Morgan fingerprint density at radius 1 is 0.828 bits per heavy atom.